The molecular formula is C46H54ClF2N6O10PS. The van der Waals surface area contributed by atoms with Crippen molar-refractivity contribution in [3.63, 3.8) is 0 Å². The first-order valence-corrected chi connectivity index (χ1v) is 25.7. The number of alkyl carbamates (subject to hydrolysis) is 1. The molecule has 0 bridgehead atoms. The molecule has 3 unspecified atom stereocenters. The lowest BCUT2D eigenvalue weighted by Crippen LogP contribution is -2.58. The maximum absolute atomic E-state index is 15.0. The van der Waals surface area contributed by atoms with Crippen molar-refractivity contribution in [2.45, 2.75) is 133 Å². The molecule has 67 heavy (non-hydrogen) atoms. The van der Waals surface area contributed by atoms with Crippen LogP contribution in [-0.4, -0.2) is 99.0 Å². The molecule has 4 aliphatic rings. The standard InChI is InChI=1S/C46H54ClF2N6O10PS/c1-24(2)50-44-52-34(23-67-44)33-19-37(29-16-17-36(62-4)39(47)41(29)51-33)64-28-18-35-42(57)54-46(66(60,61)22-30-31(48)13-9-14-32(30)49)20-26(46)10-5-8-15-38(56)63-25(3)40(43(58)55(35)21-28)53-45(59)65-27-11-6-7-12-27/h9,13-14,16-17,19,23-28,35,40H,5-8,10-12,15,18,20-22H2,1-4H3,(H,50,52)(H,53,59)(H,54,57)(H,60,61)/t25?,26-,28-,35+,40?,46+/m1/s1. The third kappa shape index (κ3) is 10.3. The summed E-state index contributed by atoms with van der Waals surface area (Å²) in [6.07, 6.45) is -0.568. The quantitative estimate of drug-likeness (QED) is 0.0825. The van der Waals surface area contributed by atoms with Crippen LogP contribution in [0.1, 0.15) is 90.5 Å². The monoisotopic (exact) mass is 986 g/mol. The molecular weight excluding hydrogens is 933 g/mol. The highest BCUT2D eigenvalue weighted by Gasteiger charge is 2.66. The van der Waals surface area contributed by atoms with Gasteiger partial charge in [-0.25, -0.2) is 23.5 Å². The Morgan fingerprint density at radius 3 is 2.51 bits per heavy atom. The molecule has 3 amide bonds. The number of ether oxygens (including phenoxy) is 4. The number of cyclic esters (lactones) is 1. The lowest BCUT2D eigenvalue weighted by Gasteiger charge is -2.33. The highest BCUT2D eigenvalue weighted by Crippen LogP contribution is 2.71. The Morgan fingerprint density at radius 2 is 1.79 bits per heavy atom. The van der Waals surface area contributed by atoms with E-state index in [1.54, 1.807) is 18.2 Å². The number of esters is 1. The Kier molecular flexibility index (Phi) is 14.3. The molecule has 2 aromatic heterocycles. The summed E-state index contributed by atoms with van der Waals surface area (Å²) in [6.45, 7) is 5.19. The SMILES string of the molecule is COc1ccc2c(O[C@@H]3C[C@H]4C(=O)N[C@]5(P(=O)(O)Cc6c(F)cccc6F)C[C@H]5CCCCC(=O)OC(C)C(NC(=O)OC5CCCC5)C(=O)N4C3)cc(-c3csc(NC(C)C)n3)nc2c1Cl. The molecule has 0 radical (unpaired) electrons. The second-order valence-corrected chi connectivity index (χ2v) is 21.8. The van der Waals surface area contributed by atoms with Gasteiger partial charge in [-0.1, -0.05) is 24.1 Å². The fourth-order valence-corrected chi connectivity index (χ4v) is 13.0. The average Bonchev–Trinajstić information content (AvgIpc) is 3.69. The van der Waals surface area contributed by atoms with Gasteiger partial charge in [0.1, 0.15) is 69.5 Å². The van der Waals surface area contributed by atoms with E-state index in [0.717, 1.165) is 31.0 Å². The number of methoxy groups -OCH3 is 1. The Morgan fingerprint density at radius 1 is 1.06 bits per heavy atom. The van der Waals surface area contributed by atoms with Gasteiger partial charge in [-0.05, 0) is 95.9 Å². The van der Waals surface area contributed by atoms with Crippen LogP contribution >= 0.6 is 30.3 Å². The zero-order valence-corrected chi connectivity index (χ0v) is 40.0. The van der Waals surface area contributed by atoms with E-state index in [0.29, 0.717) is 65.3 Å². The van der Waals surface area contributed by atoms with Crippen LogP contribution < -0.4 is 25.4 Å². The number of benzene rings is 2. The molecule has 4 heterocycles. The normalized spacial score (nSPS) is 25.8. The van der Waals surface area contributed by atoms with Gasteiger partial charge in [0, 0.05) is 41.3 Å². The molecule has 2 saturated carbocycles. The van der Waals surface area contributed by atoms with E-state index in [4.69, 9.17) is 40.5 Å². The number of carbonyl (C=O) groups is 4. The van der Waals surface area contributed by atoms with Crippen LogP contribution in [0.25, 0.3) is 22.3 Å². The van der Waals surface area contributed by atoms with E-state index in [1.807, 2.05) is 19.2 Å². The van der Waals surface area contributed by atoms with Crippen LogP contribution in [0.15, 0.2) is 41.8 Å². The number of anilines is 1. The van der Waals surface area contributed by atoms with Crippen LogP contribution in [0.4, 0.5) is 18.7 Å². The van der Waals surface area contributed by atoms with Gasteiger partial charge in [-0.15, -0.1) is 11.3 Å². The van der Waals surface area contributed by atoms with E-state index in [9.17, 15) is 32.6 Å². The number of halogens is 3. The van der Waals surface area contributed by atoms with Crippen molar-refractivity contribution in [1.82, 2.24) is 25.5 Å². The van der Waals surface area contributed by atoms with Crippen molar-refractivity contribution >= 4 is 70.2 Å². The maximum Gasteiger partial charge on any atom is 0.408 e. The predicted molar refractivity (Wildman–Crippen MR) is 246 cm³/mol. The Balaban J connectivity index is 1.17. The van der Waals surface area contributed by atoms with Crippen LogP contribution in [0, 0.1) is 17.6 Å². The zero-order chi connectivity index (χ0) is 47.8. The molecule has 21 heteroatoms. The Hall–Kier alpha value is -5.10. The molecule has 8 rings (SSSR count). The minimum atomic E-state index is -4.67. The largest absolute Gasteiger partial charge is 0.495 e. The summed E-state index contributed by atoms with van der Waals surface area (Å²) in [5.41, 5.74) is 0.655. The maximum atomic E-state index is 15.0. The van der Waals surface area contributed by atoms with Crippen LogP contribution in [0.5, 0.6) is 11.5 Å². The second kappa shape index (κ2) is 19.9. The number of nitrogens with zero attached hydrogens (tertiary/aromatic N) is 3. The van der Waals surface area contributed by atoms with Gasteiger partial charge in [-0.2, -0.15) is 0 Å². The van der Waals surface area contributed by atoms with Crippen LogP contribution in [0.2, 0.25) is 5.02 Å². The number of nitrogens with one attached hydrogen (secondary N) is 3. The van der Waals surface area contributed by atoms with Crippen molar-refractivity contribution in [2.24, 2.45) is 5.92 Å². The minimum absolute atomic E-state index is 0.00285. The average molecular weight is 987 g/mol. The summed E-state index contributed by atoms with van der Waals surface area (Å²) in [6, 6.07) is 5.35. The van der Waals surface area contributed by atoms with E-state index in [-0.39, 0.29) is 48.7 Å². The van der Waals surface area contributed by atoms with Crippen LogP contribution in [-0.2, 0) is 34.6 Å². The number of thiazole rings is 1. The van der Waals surface area contributed by atoms with Crippen LogP contribution in [0.3, 0.4) is 0 Å². The topological polar surface area (TPSA) is 208 Å². The first-order valence-electron chi connectivity index (χ1n) is 22.6. The summed E-state index contributed by atoms with van der Waals surface area (Å²) < 4.78 is 68.2. The second-order valence-electron chi connectivity index (χ2n) is 18.1. The molecule has 4 fully saturated rings. The number of pyridine rings is 1. The molecule has 4 aromatic rings. The number of amides is 3. The highest BCUT2D eigenvalue weighted by atomic mass is 35.5. The molecule has 360 valence electrons. The summed E-state index contributed by atoms with van der Waals surface area (Å²) in [5, 5.41) is 10.1. The molecule has 4 N–H and O–H groups in total. The number of fused-ring (bicyclic) bond motifs is 3. The third-order valence-electron chi connectivity index (χ3n) is 12.9. The van der Waals surface area contributed by atoms with Crippen molar-refractivity contribution in [3.05, 3.63) is 64.0 Å². The van der Waals surface area contributed by atoms with Gasteiger partial charge < -0.3 is 44.7 Å². The first kappa shape index (κ1) is 48.4. The lowest BCUT2D eigenvalue weighted by atomic mass is 10.1. The predicted octanol–water partition coefficient (Wildman–Crippen LogP) is 8.31. The summed E-state index contributed by atoms with van der Waals surface area (Å²) >= 11 is 8.24. The van der Waals surface area contributed by atoms with Gasteiger partial charge in [-0.3, -0.25) is 18.9 Å². The van der Waals surface area contributed by atoms with E-state index >= 15 is 4.79 Å². The summed E-state index contributed by atoms with van der Waals surface area (Å²) in [5.74, 6) is -4.28. The molecule has 0 spiro atoms. The molecule has 2 saturated heterocycles. The van der Waals surface area contributed by atoms with Crippen molar-refractivity contribution in [3.8, 4) is 22.9 Å². The van der Waals surface area contributed by atoms with Crippen molar-refractivity contribution < 1.29 is 56.4 Å². The number of aromatic nitrogens is 2. The third-order valence-corrected chi connectivity index (χ3v) is 16.7. The fraction of sp³-hybridized carbons (Fsp3) is 0.522. The Labute approximate surface area is 395 Å². The molecule has 2 aromatic carbocycles. The van der Waals surface area contributed by atoms with E-state index in [1.165, 1.54) is 30.3 Å². The van der Waals surface area contributed by atoms with Gasteiger partial charge in [0.15, 0.2) is 5.13 Å². The van der Waals surface area contributed by atoms with E-state index < -0.39 is 90.1 Å². The van der Waals surface area contributed by atoms with Crippen molar-refractivity contribution in [2.75, 3.05) is 19.0 Å². The van der Waals surface area contributed by atoms with Gasteiger partial charge in [0.25, 0.3) is 0 Å². The lowest BCUT2D eigenvalue weighted by molar-refractivity contribution is -0.154. The fourth-order valence-electron chi connectivity index (χ4n) is 9.39. The molecule has 7 atom stereocenters. The van der Waals surface area contributed by atoms with Crippen molar-refractivity contribution in [1.29, 1.82) is 0 Å². The first-order chi connectivity index (χ1) is 32.0. The molecule has 16 nitrogen and oxygen atoms in total. The zero-order valence-electron chi connectivity index (χ0n) is 37.5. The number of hydrogen-bond donors (Lipinski definition) is 4. The number of rotatable bonds is 11. The minimum Gasteiger partial charge on any atom is -0.495 e. The van der Waals surface area contributed by atoms with Gasteiger partial charge in [0.2, 0.25) is 19.2 Å². The smallest absolute Gasteiger partial charge is 0.408 e. The van der Waals surface area contributed by atoms with E-state index in [2.05, 4.69) is 16.0 Å². The summed E-state index contributed by atoms with van der Waals surface area (Å²) in [7, 11) is -3.20. The molecule has 2 aliphatic heterocycles. The molecule has 2 aliphatic carbocycles. The van der Waals surface area contributed by atoms with Gasteiger partial charge >= 0.3 is 12.1 Å². The number of carbonyl (C=O) groups excluding carboxylic acids is 4. The van der Waals surface area contributed by atoms with Gasteiger partial charge in [0.05, 0.1) is 31.0 Å². The highest BCUT2D eigenvalue weighted by molar-refractivity contribution is 7.59. The summed E-state index contributed by atoms with van der Waals surface area (Å²) in [4.78, 5) is 79.2. The number of hydrogen-bond acceptors (Lipinski definition) is 13. The Bertz CT molecular complexity index is 2580.